The normalized spacial score (nSPS) is 11.8. The van der Waals surface area contributed by atoms with Crippen molar-refractivity contribution in [2.75, 3.05) is 27.2 Å². The summed E-state index contributed by atoms with van der Waals surface area (Å²) < 4.78 is 4.57. The molecular formula is C12H22N2O3. The van der Waals surface area contributed by atoms with Crippen LogP contribution in [0.5, 0.6) is 0 Å². The van der Waals surface area contributed by atoms with Gasteiger partial charge in [0, 0.05) is 18.2 Å². The molecule has 0 atom stereocenters. The molecule has 0 fully saturated rings. The molecule has 0 heterocycles. The lowest BCUT2D eigenvalue weighted by Gasteiger charge is -2.15. The molecule has 1 amide bonds. The Morgan fingerprint density at radius 2 is 2.00 bits per heavy atom. The van der Waals surface area contributed by atoms with Gasteiger partial charge in [-0.1, -0.05) is 6.08 Å². The summed E-state index contributed by atoms with van der Waals surface area (Å²) in [5.74, 6) is -0.364. The minimum Gasteiger partial charge on any atom is -0.466 e. The molecule has 0 aromatic heterocycles. The van der Waals surface area contributed by atoms with Crippen LogP contribution in [0.2, 0.25) is 0 Å². The van der Waals surface area contributed by atoms with Gasteiger partial charge in [0.2, 0.25) is 5.91 Å². The highest BCUT2D eigenvalue weighted by Crippen LogP contribution is 1.96. The fraction of sp³-hybridized carbons (Fsp3) is 0.667. The Balaban J connectivity index is 4.06. The Kier molecular flexibility index (Phi) is 7.21. The summed E-state index contributed by atoms with van der Waals surface area (Å²) in [5.41, 5.74) is 0.545. The summed E-state index contributed by atoms with van der Waals surface area (Å²) in [6, 6.07) is 0.142. The van der Waals surface area contributed by atoms with Gasteiger partial charge in [0.1, 0.15) is 0 Å². The Morgan fingerprint density at radius 1 is 1.41 bits per heavy atom. The van der Waals surface area contributed by atoms with E-state index in [1.54, 1.807) is 13.0 Å². The number of methoxy groups -OCH3 is 1. The van der Waals surface area contributed by atoms with Crippen LogP contribution < -0.4 is 5.32 Å². The number of amides is 1. The van der Waals surface area contributed by atoms with Crippen LogP contribution in [0.25, 0.3) is 0 Å². The Hall–Kier alpha value is -1.36. The standard InChI is InChI=1S/C12H22N2O3/c1-9(2)13-11(15)8-14(4)7-6-10(3)12(16)17-5/h6,9H,7-8H2,1-5H3,(H,13,15). The van der Waals surface area contributed by atoms with E-state index in [2.05, 4.69) is 10.1 Å². The molecular weight excluding hydrogens is 220 g/mol. The first-order chi connectivity index (χ1) is 7.86. The van der Waals surface area contributed by atoms with Crippen molar-refractivity contribution in [3.05, 3.63) is 11.6 Å². The smallest absolute Gasteiger partial charge is 0.333 e. The molecule has 0 aliphatic heterocycles. The highest BCUT2D eigenvalue weighted by molar-refractivity contribution is 5.87. The molecule has 0 saturated carbocycles. The number of carbonyl (C=O) groups is 2. The molecule has 0 aromatic carbocycles. The summed E-state index contributed by atoms with van der Waals surface area (Å²) in [7, 11) is 3.17. The average molecular weight is 242 g/mol. The number of ether oxygens (including phenoxy) is 1. The van der Waals surface area contributed by atoms with Crippen LogP contribution in [0.3, 0.4) is 0 Å². The number of nitrogens with one attached hydrogen (secondary N) is 1. The lowest BCUT2D eigenvalue weighted by Crippen LogP contribution is -2.38. The van der Waals surface area contributed by atoms with E-state index >= 15 is 0 Å². The molecule has 17 heavy (non-hydrogen) atoms. The van der Waals surface area contributed by atoms with Crippen LogP contribution in [0.15, 0.2) is 11.6 Å². The molecule has 0 radical (unpaired) electrons. The molecule has 0 bridgehead atoms. The minimum absolute atomic E-state index is 0.0216. The molecule has 0 aromatic rings. The molecule has 5 heteroatoms. The van der Waals surface area contributed by atoms with E-state index in [0.29, 0.717) is 18.7 Å². The van der Waals surface area contributed by atoms with Gasteiger partial charge in [-0.15, -0.1) is 0 Å². The maximum absolute atomic E-state index is 11.4. The summed E-state index contributed by atoms with van der Waals surface area (Å²) in [4.78, 5) is 24.4. The van der Waals surface area contributed by atoms with Crippen LogP contribution in [0.1, 0.15) is 20.8 Å². The van der Waals surface area contributed by atoms with Crippen LogP contribution in [0.4, 0.5) is 0 Å². The summed E-state index contributed by atoms with van der Waals surface area (Å²) in [5, 5.41) is 2.80. The van der Waals surface area contributed by atoms with Crippen molar-refractivity contribution in [3.63, 3.8) is 0 Å². The monoisotopic (exact) mass is 242 g/mol. The van der Waals surface area contributed by atoms with Crippen molar-refractivity contribution >= 4 is 11.9 Å². The van der Waals surface area contributed by atoms with Gasteiger partial charge in [0.25, 0.3) is 0 Å². The summed E-state index contributed by atoms with van der Waals surface area (Å²) >= 11 is 0. The van der Waals surface area contributed by atoms with E-state index in [4.69, 9.17) is 0 Å². The highest BCUT2D eigenvalue weighted by Gasteiger charge is 2.07. The van der Waals surface area contributed by atoms with Gasteiger partial charge in [0.05, 0.1) is 13.7 Å². The predicted molar refractivity (Wildman–Crippen MR) is 66.5 cm³/mol. The molecule has 5 nitrogen and oxygen atoms in total. The van der Waals surface area contributed by atoms with Crippen LogP contribution in [-0.2, 0) is 14.3 Å². The largest absolute Gasteiger partial charge is 0.466 e. The van der Waals surface area contributed by atoms with Gasteiger partial charge < -0.3 is 10.1 Å². The SMILES string of the molecule is COC(=O)C(C)=CCN(C)CC(=O)NC(C)C. The molecule has 0 rings (SSSR count). The molecule has 0 saturated heterocycles. The van der Waals surface area contributed by atoms with Crippen molar-refractivity contribution < 1.29 is 14.3 Å². The van der Waals surface area contributed by atoms with Gasteiger partial charge >= 0.3 is 5.97 Å². The van der Waals surface area contributed by atoms with Crippen LogP contribution in [0, 0.1) is 0 Å². The van der Waals surface area contributed by atoms with Crippen molar-refractivity contribution in [2.45, 2.75) is 26.8 Å². The van der Waals surface area contributed by atoms with Gasteiger partial charge in [-0.25, -0.2) is 4.79 Å². The number of carbonyl (C=O) groups excluding carboxylic acids is 2. The second-order valence-corrected chi connectivity index (χ2v) is 4.30. The van der Waals surface area contributed by atoms with Gasteiger partial charge in [0.15, 0.2) is 0 Å². The molecule has 0 unspecified atom stereocenters. The lowest BCUT2D eigenvalue weighted by molar-refractivity contribution is -0.136. The van der Waals surface area contributed by atoms with E-state index in [9.17, 15) is 9.59 Å². The number of hydrogen-bond donors (Lipinski definition) is 1. The number of hydrogen-bond acceptors (Lipinski definition) is 4. The molecule has 0 spiro atoms. The van der Waals surface area contributed by atoms with Crippen molar-refractivity contribution in [3.8, 4) is 0 Å². The van der Waals surface area contributed by atoms with E-state index in [0.717, 1.165) is 0 Å². The third-order valence-corrected chi connectivity index (χ3v) is 2.08. The zero-order valence-corrected chi connectivity index (χ0v) is 11.2. The Bertz CT molecular complexity index is 298. The average Bonchev–Trinajstić information content (AvgIpc) is 2.23. The first-order valence-electron chi connectivity index (χ1n) is 5.59. The quantitative estimate of drug-likeness (QED) is 0.546. The van der Waals surface area contributed by atoms with Crippen molar-refractivity contribution in [1.29, 1.82) is 0 Å². The molecule has 1 N–H and O–H groups in total. The molecule has 0 aliphatic rings. The van der Waals surface area contributed by atoms with E-state index < -0.39 is 0 Å². The first-order valence-corrected chi connectivity index (χ1v) is 5.59. The third kappa shape index (κ3) is 7.52. The number of nitrogens with zero attached hydrogens (tertiary/aromatic N) is 1. The third-order valence-electron chi connectivity index (χ3n) is 2.08. The summed E-state index contributed by atoms with van der Waals surface area (Å²) in [6.45, 7) is 6.36. The highest BCUT2D eigenvalue weighted by atomic mass is 16.5. The van der Waals surface area contributed by atoms with Gasteiger partial charge in [-0.05, 0) is 27.8 Å². The van der Waals surface area contributed by atoms with E-state index in [-0.39, 0.29) is 17.9 Å². The molecule has 98 valence electrons. The summed E-state index contributed by atoms with van der Waals surface area (Å²) in [6.07, 6.45) is 1.74. The predicted octanol–water partition coefficient (Wildman–Crippen LogP) is 0.562. The fourth-order valence-corrected chi connectivity index (χ4v) is 1.21. The maximum atomic E-state index is 11.4. The fourth-order valence-electron chi connectivity index (χ4n) is 1.21. The van der Waals surface area contributed by atoms with Crippen LogP contribution in [-0.4, -0.2) is 50.1 Å². The zero-order valence-electron chi connectivity index (χ0n) is 11.2. The van der Waals surface area contributed by atoms with Gasteiger partial charge in [-0.3, -0.25) is 9.69 Å². The number of likely N-dealkylation sites (N-methyl/N-ethyl adjacent to an activating group) is 1. The lowest BCUT2D eigenvalue weighted by atomic mass is 10.3. The second kappa shape index (κ2) is 7.84. The first kappa shape index (κ1) is 15.6. The minimum atomic E-state index is -0.343. The zero-order chi connectivity index (χ0) is 13.4. The Morgan fingerprint density at radius 3 is 2.47 bits per heavy atom. The van der Waals surface area contributed by atoms with Crippen molar-refractivity contribution in [1.82, 2.24) is 10.2 Å². The molecule has 0 aliphatic carbocycles. The maximum Gasteiger partial charge on any atom is 0.333 e. The number of rotatable bonds is 6. The Labute approximate surface area is 103 Å². The van der Waals surface area contributed by atoms with Crippen molar-refractivity contribution in [2.24, 2.45) is 0 Å². The second-order valence-electron chi connectivity index (χ2n) is 4.30. The van der Waals surface area contributed by atoms with Crippen LogP contribution >= 0.6 is 0 Å². The number of esters is 1. The van der Waals surface area contributed by atoms with E-state index in [1.807, 2.05) is 25.8 Å². The topological polar surface area (TPSA) is 58.6 Å². The van der Waals surface area contributed by atoms with E-state index in [1.165, 1.54) is 7.11 Å². The van der Waals surface area contributed by atoms with Gasteiger partial charge in [-0.2, -0.15) is 0 Å².